The first kappa shape index (κ1) is 19.5. The van der Waals surface area contributed by atoms with Gasteiger partial charge in [0.2, 0.25) is 0 Å². The summed E-state index contributed by atoms with van der Waals surface area (Å²) in [5.41, 5.74) is 1.82. The van der Waals surface area contributed by atoms with Crippen LogP contribution in [-0.2, 0) is 17.9 Å². The summed E-state index contributed by atoms with van der Waals surface area (Å²) in [6.45, 7) is 2.61. The van der Waals surface area contributed by atoms with Gasteiger partial charge >= 0.3 is 0 Å². The Hall–Kier alpha value is -1.82. The molecule has 2 aromatic carbocycles. The fourth-order valence-corrected chi connectivity index (χ4v) is 2.53. The lowest BCUT2D eigenvalue weighted by molar-refractivity contribution is 0.194. The van der Waals surface area contributed by atoms with E-state index in [0.29, 0.717) is 22.1 Å². The smallest absolute Gasteiger partial charge is 0.161 e. The highest BCUT2D eigenvalue weighted by molar-refractivity contribution is 6.31. The number of benzene rings is 2. The van der Waals surface area contributed by atoms with Crippen LogP contribution in [0.3, 0.4) is 0 Å². The van der Waals surface area contributed by atoms with E-state index in [4.69, 9.17) is 25.8 Å². The van der Waals surface area contributed by atoms with Crippen LogP contribution in [-0.4, -0.2) is 27.4 Å². The molecule has 0 radical (unpaired) electrons. The first-order valence-corrected chi connectivity index (χ1v) is 8.45. The predicted octanol–water partition coefficient (Wildman–Crippen LogP) is 4.19. The third-order valence-electron chi connectivity index (χ3n) is 3.66. The molecule has 0 heterocycles. The van der Waals surface area contributed by atoms with Crippen molar-refractivity contribution >= 4 is 11.6 Å². The van der Waals surface area contributed by atoms with Crippen molar-refractivity contribution in [2.45, 2.75) is 19.6 Å². The van der Waals surface area contributed by atoms with Gasteiger partial charge in [0.15, 0.2) is 11.5 Å². The Morgan fingerprint density at radius 3 is 2.64 bits per heavy atom. The van der Waals surface area contributed by atoms with Gasteiger partial charge in [-0.15, -0.1) is 0 Å². The average Bonchev–Trinajstić information content (AvgIpc) is 2.61. The van der Waals surface area contributed by atoms with Gasteiger partial charge in [-0.2, -0.15) is 0 Å². The number of rotatable bonds is 10. The Balaban J connectivity index is 1.94. The van der Waals surface area contributed by atoms with Crippen molar-refractivity contribution in [3.05, 3.63) is 58.4 Å². The number of hydrogen-bond donors (Lipinski definition) is 1. The standard InChI is InChI=1S/C19H23ClFNO3/c1-23-9-3-8-22-12-14-4-7-18(19(10-14)24-2)25-13-15-5-6-16(21)11-17(15)20/h4-7,10-11,22H,3,8-9,12-13H2,1-2H3. The summed E-state index contributed by atoms with van der Waals surface area (Å²) in [4.78, 5) is 0. The summed E-state index contributed by atoms with van der Waals surface area (Å²) in [6.07, 6.45) is 0.966. The molecule has 0 fully saturated rings. The second-order valence-electron chi connectivity index (χ2n) is 5.53. The van der Waals surface area contributed by atoms with Crippen LogP contribution < -0.4 is 14.8 Å². The molecule has 6 heteroatoms. The molecule has 0 amide bonds. The van der Waals surface area contributed by atoms with Crippen molar-refractivity contribution in [3.63, 3.8) is 0 Å². The third-order valence-corrected chi connectivity index (χ3v) is 4.01. The zero-order valence-electron chi connectivity index (χ0n) is 14.5. The molecular weight excluding hydrogens is 345 g/mol. The molecule has 0 saturated heterocycles. The minimum Gasteiger partial charge on any atom is -0.493 e. The lowest BCUT2D eigenvalue weighted by Gasteiger charge is -2.13. The normalized spacial score (nSPS) is 10.7. The molecule has 2 rings (SSSR count). The average molecular weight is 368 g/mol. The SMILES string of the molecule is COCCCNCc1ccc(OCc2ccc(F)cc2Cl)c(OC)c1. The summed E-state index contributed by atoms with van der Waals surface area (Å²) in [7, 11) is 3.30. The summed E-state index contributed by atoms with van der Waals surface area (Å²) in [5, 5.41) is 3.69. The molecule has 0 unspecified atom stereocenters. The largest absolute Gasteiger partial charge is 0.493 e. The molecular formula is C19H23ClFNO3. The van der Waals surface area contributed by atoms with E-state index in [1.165, 1.54) is 12.1 Å². The summed E-state index contributed by atoms with van der Waals surface area (Å²) in [5.74, 6) is 0.897. The molecule has 0 saturated carbocycles. The molecule has 0 bridgehead atoms. The highest BCUT2D eigenvalue weighted by atomic mass is 35.5. The van der Waals surface area contributed by atoms with Crippen LogP contribution in [0.4, 0.5) is 4.39 Å². The Bertz CT molecular complexity index is 682. The third kappa shape index (κ3) is 6.20. The molecule has 0 spiro atoms. The Labute approximate surface area is 152 Å². The molecule has 0 aliphatic carbocycles. The number of hydrogen-bond acceptors (Lipinski definition) is 4. The van der Waals surface area contributed by atoms with E-state index in [0.717, 1.165) is 31.7 Å². The van der Waals surface area contributed by atoms with E-state index in [1.54, 1.807) is 20.3 Å². The molecule has 0 aliphatic heterocycles. The van der Waals surface area contributed by atoms with Crippen LogP contribution in [0.15, 0.2) is 36.4 Å². The van der Waals surface area contributed by atoms with Gasteiger partial charge in [0.1, 0.15) is 12.4 Å². The van der Waals surface area contributed by atoms with Gasteiger partial charge in [-0.25, -0.2) is 4.39 Å². The number of methoxy groups -OCH3 is 2. The molecule has 2 aromatic rings. The zero-order valence-corrected chi connectivity index (χ0v) is 15.2. The lowest BCUT2D eigenvalue weighted by atomic mass is 10.2. The first-order chi connectivity index (χ1) is 12.1. The highest BCUT2D eigenvalue weighted by Gasteiger charge is 2.08. The predicted molar refractivity (Wildman–Crippen MR) is 96.9 cm³/mol. The number of ether oxygens (including phenoxy) is 3. The molecule has 0 atom stereocenters. The maximum Gasteiger partial charge on any atom is 0.161 e. The van der Waals surface area contributed by atoms with Gasteiger partial charge in [0.25, 0.3) is 0 Å². The molecule has 0 aromatic heterocycles. The van der Waals surface area contributed by atoms with Gasteiger partial charge in [0, 0.05) is 25.8 Å². The van der Waals surface area contributed by atoms with E-state index in [2.05, 4.69) is 5.32 Å². The zero-order chi connectivity index (χ0) is 18.1. The van der Waals surface area contributed by atoms with Crippen LogP contribution >= 0.6 is 11.6 Å². The molecule has 4 nitrogen and oxygen atoms in total. The van der Waals surface area contributed by atoms with Crippen molar-refractivity contribution in [3.8, 4) is 11.5 Å². The lowest BCUT2D eigenvalue weighted by Crippen LogP contribution is -2.16. The Morgan fingerprint density at radius 1 is 1.08 bits per heavy atom. The molecule has 25 heavy (non-hydrogen) atoms. The minimum absolute atomic E-state index is 0.240. The van der Waals surface area contributed by atoms with Crippen LogP contribution in [0, 0.1) is 5.82 Å². The van der Waals surface area contributed by atoms with E-state index in [-0.39, 0.29) is 12.4 Å². The summed E-state index contributed by atoms with van der Waals surface area (Å²) in [6, 6.07) is 10.0. The van der Waals surface area contributed by atoms with E-state index >= 15 is 0 Å². The van der Waals surface area contributed by atoms with Crippen molar-refractivity contribution < 1.29 is 18.6 Å². The number of halogens is 2. The maximum atomic E-state index is 13.1. The van der Waals surface area contributed by atoms with Gasteiger partial charge < -0.3 is 19.5 Å². The van der Waals surface area contributed by atoms with Crippen molar-refractivity contribution in [1.82, 2.24) is 5.32 Å². The van der Waals surface area contributed by atoms with Crippen LogP contribution in [0.5, 0.6) is 11.5 Å². The topological polar surface area (TPSA) is 39.7 Å². The molecule has 1 N–H and O–H groups in total. The van der Waals surface area contributed by atoms with E-state index in [1.807, 2.05) is 18.2 Å². The second kappa shape index (κ2) is 10.2. The fourth-order valence-electron chi connectivity index (χ4n) is 2.31. The van der Waals surface area contributed by atoms with Gasteiger partial charge in [0.05, 0.1) is 12.1 Å². The monoisotopic (exact) mass is 367 g/mol. The quantitative estimate of drug-likeness (QED) is 0.639. The van der Waals surface area contributed by atoms with Crippen LogP contribution in [0.25, 0.3) is 0 Å². The highest BCUT2D eigenvalue weighted by Crippen LogP contribution is 2.29. The Kier molecular flexibility index (Phi) is 7.98. The van der Waals surface area contributed by atoms with Crippen molar-refractivity contribution in [1.29, 1.82) is 0 Å². The summed E-state index contributed by atoms with van der Waals surface area (Å²) >= 11 is 6.02. The van der Waals surface area contributed by atoms with Gasteiger partial charge in [-0.05, 0) is 42.8 Å². The van der Waals surface area contributed by atoms with Crippen molar-refractivity contribution in [2.24, 2.45) is 0 Å². The van der Waals surface area contributed by atoms with E-state index in [9.17, 15) is 4.39 Å². The van der Waals surface area contributed by atoms with Crippen LogP contribution in [0.1, 0.15) is 17.5 Å². The second-order valence-corrected chi connectivity index (χ2v) is 5.94. The molecule has 136 valence electrons. The fraction of sp³-hybridized carbons (Fsp3) is 0.368. The van der Waals surface area contributed by atoms with Crippen molar-refractivity contribution in [2.75, 3.05) is 27.4 Å². The summed E-state index contributed by atoms with van der Waals surface area (Å²) < 4.78 is 29.3. The van der Waals surface area contributed by atoms with E-state index < -0.39 is 0 Å². The van der Waals surface area contributed by atoms with Gasteiger partial charge in [-0.1, -0.05) is 23.7 Å². The first-order valence-electron chi connectivity index (χ1n) is 8.07. The van der Waals surface area contributed by atoms with Crippen LogP contribution in [0.2, 0.25) is 5.02 Å². The maximum absolute atomic E-state index is 13.1. The Morgan fingerprint density at radius 2 is 1.92 bits per heavy atom. The number of nitrogens with one attached hydrogen (secondary N) is 1. The molecule has 0 aliphatic rings. The van der Waals surface area contributed by atoms with Gasteiger partial charge in [-0.3, -0.25) is 0 Å². The minimum atomic E-state index is -0.367.